The monoisotopic (exact) mass is 431 g/mol. The largest absolute Gasteiger partial charge is 0.350 e. The van der Waals surface area contributed by atoms with E-state index in [2.05, 4.69) is 10.6 Å². The normalized spacial score (nSPS) is 12.2. The van der Waals surface area contributed by atoms with Gasteiger partial charge in [-0.05, 0) is 56.5 Å². The van der Waals surface area contributed by atoms with E-state index in [4.69, 9.17) is 0 Å². The van der Waals surface area contributed by atoms with Crippen LogP contribution in [0.3, 0.4) is 0 Å². The van der Waals surface area contributed by atoms with Gasteiger partial charge in [-0.2, -0.15) is 0 Å². The van der Waals surface area contributed by atoms with Crippen molar-refractivity contribution >= 4 is 33.2 Å². The Balaban J connectivity index is 2.27. The molecule has 162 valence electrons. The molecule has 2 N–H and O–H groups in total. The Morgan fingerprint density at radius 1 is 1.10 bits per heavy atom. The highest BCUT2D eigenvalue weighted by molar-refractivity contribution is 7.92. The second-order valence-electron chi connectivity index (χ2n) is 7.44. The van der Waals surface area contributed by atoms with Crippen molar-refractivity contribution in [3.8, 4) is 0 Å². The maximum Gasteiger partial charge on any atom is 0.253 e. The molecule has 2 aromatic carbocycles. The van der Waals surface area contributed by atoms with Gasteiger partial charge in [0.05, 0.1) is 23.2 Å². The van der Waals surface area contributed by atoms with Crippen molar-refractivity contribution in [2.75, 3.05) is 22.4 Å². The lowest BCUT2D eigenvalue weighted by Crippen LogP contribution is -2.38. The van der Waals surface area contributed by atoms with E-state index in [0.29, 0.717) is 16.9 Å². The minimum absolute atomic E-state index is 0.00807. The molecule has 1 atom stereocenters. The Morgan fingerprint density at radius 3 is 2.40 bits per heavy atom. The lowest BCUT2D eigenvalue weighted by Gasteiger charge is -2.24. The number of aryl methyl sites for hydroxylation is 2. The molecule has 2 amide bonds. The zero-order chi connectivity index (χ0) is 22.5. The van der Waals surface area contributed by atoms with Crippen LogP contribution in [0.4, 0.5) is 11.4 Å². The van der Waals surface area contributed by atoms with E-state index >= 15 is 0 Å². The first kappa shape index (κ1) is 23.4. The van der Waals surface area contributed by atoms with Gasteiger partial charge in [0.1, 0.15) is 6.54 Å². The van der Waals surface area contributed by atoms with Crippen LogP contribution in [0, 0.1) is 13.8 Å². The van der Waals surface area contributed by atoms with Crippen LogP contribution in [0.15, 0.2) is 42.5 Å². The number of carbonyl (C=O) groups is 2. The van der Waals surface area contributed by atoms with Gasteiger partial charge in [-0.1, -0.05) is 31.2 Å². The molecule has 0 aliphatic rings. The number of para-hydroxylation sites is 1. The highest BCUT2D eigenvalue weighted by Crippen LogP contribution is 2.24. The maximum absolute atomic E-state index is 12.7. The third-order valence-electron chi connectivity index (χ3n) is 4.76. The van der Waals surface area contributed by atoms with Gasteiger partial charge in [-0.25, -0.2) is 8.42 Å². The quantitative estimate of drug-likeness (QED) is 0.671. The number of hydrogen-bond acceptors (Lipinski definition) is 4. The first-order valence-electron chi connectivity index (χ1n) is 9.77. The van der Waals surface area contributed by atoms with Crippen molar-refractivity contribution in [3.05, 3.63) is 59.2 Å². The molecule has 2 rings (SSSR count). The average molecular weight is 432 g/mol. The number of nitrogens with zero attached hydrogens (tertiary/aromatic N) is 1. The van der Waals surface area contributed by atoms with Gasteiger partial charge in [-0.3, -0.25) is 13.9 Å². The van der Waals surface area contributed by atoms with Gasteiger partial charge in [-0.15, -0.1) is 0 Å². The van der Waals surface area contributed by atoms with Crippen molar-refractivity contribution < 1.29 is 18.0 Å². The zero-order valence-corrected chi connectivity index (χ0v) is 18.8. The topological polar surface area (TPSA) is 95.6 Å². The smallest absolute Gasteiger partial charge is 0.253 e. The van der Waals surface area contributed by atoms with Gasteiger partial charge in [0.2, 0.25) is 15.9 Å². The summed E-state index contributed by atoms with van der Waals surface area (Å²) in [5.41, 5.74) is 2.74. The summed E-state index contributed by atoms with van der Waals surface area (Å²) in [6.45, 7) is 7.11. The molecule has 0 saturated heterocycles. The number of hydrogen-bond donors (Lipinski definition) is 2. The third kappa shape index (κ3) is 6.06. The van der Waals surface area contributed by atoms with Crippen LogP contribution in [0.2, 0.25) is 0 Å². The molecule has 0 unspecified atom stereocenters. The Hall–Kier alpha value is -2.87. The van der Waals surface area contributed by atoms with Crippen LogP contribution < -0.4 is 14.9 Å². The van der Waals surface area contributed by atoms with Crippen LogP contribution in [0.5, 0.6) is 0 Å². The lowest BCUT2D eigenvalue weighted by atomic mass is 10.1. The van der Waals surface area contributed by atoms with Crippen molar-refractivity contribution in [1.82, 2.24) is 5.32 Å². The molecule has 0 saturated carbocycles. The first-order chi connectivity index (χ1) is 14.0. The summed E-state index contributed by atoms with van der Waals surface area (Å²) < 4.78 is 25.9. The van der Waals surface area contributed by atoms with Crippen LogP contribution >= 0.6 is 0 Å². The standard InChI is InChI=1S/C22H29N3O4S/c1-6-17(4)23-22(27)18-9-7-8-10-19(18)24-21(26)14-25(30(5,28)29)20-13-15(2)11-12-16(20)3/h7-13,17H,6,14H2,1-5H3,(H,23,27)(H,24,26)/t17-/m0/s1. The van der Waals surface area contributed by atoms with E-state index in [-0.39, 0.29) is 11.9 Å². The van der Waals surface area contributed by atoms with Crippen LogP contribution in [-0.2, 0) is 14.8 Å². The number of benzene rings is 2. The fourth-order valence-electron chi connectivity index (χ4n) is 2.88. The Morgan fingerprint density at radius 2 is 1.77 bits per heavy atom. The third-order valence-corrected chi connectivity index (χ3v) is 5.88. The molecular weight excluding hydrogens is 402 g/mol. The summed E-state index contributed by atoms with van der Waals surface area (Å²) in [6, 6.07) is 12.1. The van der Waals surface area contributed by atoms with Gasteiger partial charge < -0.3 is 10.6 Å². The first-order valence-corrected chi connectivity index (χ1v) is 11.6. The number of nitrogens with one attached hydrogen (secondary N) is 2. The minimum atomic E-state index is -3.70. The Kier molecular flexibility index (Phi) is 7.61. The number of sulfonamides is 1. The molecule has 2 aromatic rings. The van der Waals surface area contributed by atoms with E-state index in [1.165, 1.54) is 0 Å². The molecule has 8 heteroatoms. The van der Waals surface area contributed by atoms with Crippen LogP contribution in [0.1, 0.15) is 41.8 Å². The average Bonchev–Trinajstić information content (AvgIpc) is 2.67. The molecule has 0 aliphatic heterocycles. The highest BCUT2D eigenvalue weighted by Gasteiger charge is 2.23. The molecule has 0 fully saturated rings. The fraction of sp³-hybridized carbons (Fsp3) is 0.364. The number of carbonyl (C=O) groups excluding carboxylic acids is 2. The molecule has 30 heavy (non-hydrogen) atoms. The fourth-order valence-corrected chi connectivity index (χ4v) is 3.79. The zero-order valence-electron chi connectivity index (χ0n) is 18.0. The predicted octanol–water partition coefficient (Wildman–Crippen LogP) is 3.24. The van der Waals surface area contributed by atoms with Gasteiger partial charge >= 0.3 is 0 Å². The van der Waals surface area contributed by atoms with Gasteiger partial charge in [0.25, 0.3) is 5.91 Å². The summed E-state index contributed by atoms with van der Waals surface area (Å²) in [5, 5.41) is 5.55. The molecule has 0 radical (unpaired) electrons. The molecule has 0 bridgehead atoms. The summed E-state index contributed by atoms with van der Waals surface area (Å²) in [5.74, 6) is -0.833. The van der Waals surface area contributed by atoms with E-state index in [9.17, 15) is 18.0 Å². The summed E-state index contributed by atoms with van der Waals surface area (Å²) in [4.78, 5) is 25.3. The van der Waals surface area contributed by atoms with E-state index in [1.807, 2.05) is 32.9 Å². The summed E-state index contributed by atoms with van der Waals surface area (Å²) >= 11 is 0. The van der Waals surface area contributed by atoms with Crippen molar-refractivity contribution in [1.29, 1.82) is 0 Å². The molecule has 0 heterocycles. The van der Waals surface area contributed by atoms with Gasteiger partial charge in [0, 0.05) is 6.04 Å². The number of rotatable bonds is 8. The second-order valence-corrected chi connectivity index (χ2v) is 9.34. The van der Waals surface area contributed by atoms with Gasteiger partial charge in [0.15, 0.2) is 0 Å². The summed E-state index contributed by atoms with van der Waals surface area (Å²) in [6.07, 6.45) is 1.84. The maximum atomic E-state index is 12.7. The molecule has 7 nitrogen and oxygen atoms in total. The van der Waals surface area contributed by atoms with Crippen LogP contribution in [-0.4, -0.2) is 39.1 Å². The Labute approximate surface area is 178 Å². The Bertz CT molecular complexity index is 1030. The minimum Gasteiger partial charge on any atom is -0.350 e. The second kappa shape index (κ2) is 9.75. The molecular formula is C22H29N3O4S. The van der Waals surface area contributed by atoms with Crippen molar-refractivity contribution in [3.63, 3.8) is 0 Å². The van der Waals surface area contributed by atoms with E-state index in [0.717, 1.165) is 28.1 Å². The number of amides is 2. The highest BCUT2D eigenvalue weighted by atomic mass is 32.2. The lowest BCUT2D eigenvalue weighted by molar-refractivity contribution is -0.114. The predicted molar refractivity (Wildman–Crippen MR) is 120 cm³/mol. The molecule has 0 aromatic heterocycles. The van der Waals surface area contributed by atoms with E-state index < -0.39 is 22.5 Å². The number of anilines is 2. The summed E-state index contributed by atoms with van der Waals surface area (Å²) in [7, 11) is -3.70. The SMILES string of the molecule is CC[C@H](C)NC(=O)c1ccccc1NC(=O)CN(c1cc(C)ccc1C)S(C)(=O)=O. The molecule has 0 spiro atoms. The van der Waals surface area contributed by atoms with E-state index in [1.54, 1.807) is 37.3 Å². The van der Waals surface area contributed by atoms with Crippen molar-refractivity contribution in [2.45, 2.75) is 40.2 Å². The molecule has 0 aliphatic carbocycles. The van der Waals surface area contributed by atoms with Crippen molar-refractivity contribution in [2.24, 2.45) is 0 Å². The van der Waals surface area contributed by atoms with Crippen LogP contribution in [0.25, 0.3) is 0 Å².